The van der Waals surface area contributed by atoms with Crippen LogP contribution in [0.2, 0.25) is 0 Å². The smallest absolute Gasteiger partial charge is 0.266 e. The lowest BCUT2D eigenvalue weighted by molar-refractivity contribution is -0.125. The highest BCUT2D eigenvalue weighted by molar-refractivity contribution is 8.14. The van der Waals surface area contributed by atoms with Crippen molar-refractivity contribution in [3.8, 4) is 5.75 Å². The molecule has 2 rings (SSSR count). The molecule has 1 aliphatic heterocycles. The van der Waals surface area contributed by atoms with Crippen molar-refractivity contribution in [3.05, 3.63) is 29.8 Å². The second-order valence-electron chi connectivity index (χ2n) is 6.06. The summed E-state index contributed by atoms with van der Waals surface area (Å²) in [4.78, 5) is 16.2. The normalized spacial score (nSPS) is 16.3. The average molecular weight is 306 g/mol. The summed E-state index contributed by atoms with van der Waals surface area (Å²) in [5.74, 6) is 1.47. The fraction of sp³-hybridized carbons (Fsp3) is 0.500. The maximum absolute atomic E-state index is 12.0. The van der Waals surface area contributed by atoms with Crippen LogP contribution in [0.1, 0.15) is 33.3 Å². The van der Waals surface area contributed by atoms with E-state index in [0.29, 0.717) is 10.9 Å². The van der Waals surface area contributed by atoms with E-state index in [-0.39, 0.29) is 11.3 Å². The molecule has 4 nitrogen and oxygen atoms in total. The Bertz CT molecular complexity index is 532. The van der Waals surface area contributed by atoms with Gasteiger partial charge >= 0.3 is 0 Å². The summed E-state index contributed by atoms with van der Waals surface area (Å²) in [7, 11) is 0. The van der Waals surface area contributed by atoms with Crippen molar-refractivity contribution >= 4 is 22.8 Å². The third-order valence-electron chi connectivity index (χ3n) is 3.22. The number of carbonyl (C=O) groups is 1. The molecule has 5 heteroatoms. The van der Waals surface area contributed by atoms with Gasteiger partial charge in [0.25, 0.3) is 5.91 Å². The average Bonchev–Trinajstić information content (AvgIpc) is 2.91. The van der Waals surface area contributed by atoms with Crippen LogP contribution < -0.4 is 10.1 Å². The molecule has 0 saturated heterocycles. The monoisotopic (exact) mass is 306 g/mol. The summed E-state index contributed by atoms with van der Waals surface area (Å²) in [6.45, 7) is 9.01. The van der Waals surface area contributed by atoms with Crippen LogP contribution in [0, 0.1) is 0 Å². The van der Waals surface area contributed by atoms with Crippen LogP contribution in [0.15, 0.2) is 29.3 Å². The van der Waals surface area contributed by atoms with Gasteiger partial charge in [-0.25, -0.2) is 0 Å². The Hall–Kier alpha value is -1.49. The predicted octanol–water partition coefficient (Wildman–Crippen LogP) is 2.97. The lowest BCUT2D eigenvalue weighted by Gasteiger charge is -2.20. The Morgan fingerprint density at radius 1 is 1.33 bits per heavy atom. The SMILES string of the molecule is C[C@@H](Oc1ccc(C(C)(C)C)cc1)C(=O)NC1=NCCS1. The molecule has 0 aliphatic carbocycles. The minimum absolute atomic E-state index is 0.110. The van der Waals surface area contributed by atoms with Crippen molar-refractivity contribution < 1.29 is 9.53 Å². The molecule has 0 saturated carbocycles. The van der Waals surface area contributed by atoms with Gasteiger partial charge in [0.1, 0.15) is 5.75 Å². The number of hydrogen-bond donors (Lipinski definition) is 1. The lowest BCUT2D eigenvalue weighted by atomic mass is 9.87. The van der Waals surface area contributed by atoms with E-state index in [0.717, 1.165) is 12.3 Å². The van der Waals surface area contributed by atoms with E-state index in [1.165, 1.54) is 5.56 Å². The van der Waals surface area contributed by atoms with Crippen molar-refractivity contribution in [3.63, 3.8) is 0 Å². The molecule has 0 fully saturated rings. The highest BCUT2D eigenvalue weighted by atomic mass is 32.2. The standard InChI is InChI=1S/C16H22N2O2S/c1-11(14(19)18-15-17-9-10-21-15)20-13-7-5-12(6-8-13)16(2,3)4/h5-8,11H,9-10H2,1-4H3,(H,17,18,19)/t11-/m1/s1. The Morgan fingerprint density at radius 2 is 2.00 bits per heavy atom. The van der Waals surface area contributed by atoms with Gasteiger partial charge in [-0.2, -0.15) is 0 Å². The van der Waals surface area contributed by atoms with Gasteiger partial charge in [0.05, 0.1) is 6.54 Å². The van der Waals surface area contributed by atoms with Gasteiger partial charge in [-0.3, -0.25) is 9.79 Å². The van der Waals surface area contributed by atoms with E-state index in [2.05, 4.69) is 31.1 Å². The first-order valence-electron chi connectivity index (χ1n) is 7.11. The Morgan fingerprint density at radius 3 is 2.52 bits per heavy atom. The van der Waals surface area contributed by atoms with Gasteiger partial charge in [-0.15, -0.1) is 0 Å². The fourth-order valence-electron chi connectivity index (χ4n) is 1.91. The fourth-order valence-corrected chi connectivity index (χ4v) is 2.64. The minimum Gasteiger partial charge on any atom is -0.481 e. The quantitative estimate of drug-likeness (QED) is 0.934. The summed E-state index contributed by atoms with van der Waals surface area (Å²) in [5, 5.41) is 3.48. The molecule has 114 valence electrons. The van der Waals surface area contributed by atoms with E-state index in [1.807, 2.05) is 24.3 Å². The van der Waals surface area contributed by atoms with Crippen molar-refractivity contribution in [1.82, 2.24) is 5.32 Å². The van der Waals surface area contributed by atoms with Crippen LogP contribution in [0.3, 0.4) is 0 Å². The van der Waals surface area contributed by atoms with Crippen molar-refractivity contribution in [1.29, 1.82) is 0 Å². The van der Waals surface area contributed by atoms with E-state index in [1.54, 1.807) is 18.7 Å². The summed E-state index contributed by atoms with van der Waals surface area (Å²) in [5.41, 5.74) is 1.35. The number of thioether (sulfide) groups is 1. The highest BCUT2D eigenvalue weighted by Gasteiger charge is 2.19. The van der Waals surface area contributed by atoms with E-state index >= 15 is 0 Å². The molecule has 0 bridgehead atoms. The number of ether oxygens (including phenoxy) is 1. The van der Waals surface area contributed by atoms with Crippen LogP contribution >= 0.6 is 11.8 Å². The highest BCUT2D eigenvalue weighted by Crippen LogP contribution is 2.24. The summed E-state index contributed by atoms with van der Waals surface area (Å²) in [6.07, 6.45) is -0.547. The second-order valence-corrected chi connectivity index (χ2v) is 7.14. The molecule has 0 radical (unpaired) electrons. The van der Waals surface area contributed by atoms with Gasteiger partial charge in [0.2, 0.25) is 0 Å². The zero-order valence-corrected chi connectivity index (χ0v) is 13.8. The zero-order valence-electron chi connectivity index (χ0n) is 13.0. The minimum atomic E-state index is -0.547. The van der Waals surface area contributed by atoms with E-state index in [4.69, 9.17) is 4.74 Å². The maximum atomic E-state index is 12.0. The van der Waals surface area contributed by atoms with Crippen LogP contribution in [0.25, 0.3) is 0 Å². The summed E-state index contributed by atoms with van der Waals surface area (Å²) >= 11 is 1.56. The molecule has 1 aromatic carbocycles. The topological polar surface area (TPSA) is 50.7 Å². The molecule has 0 aromatic heterocycles. The number of amidine groups is 1. The molecule has 21 heavy (non-hydrogen) atoms. The molecule has 0 spiro atoms. The number of carbonyl (C=O) groups excluding carboxylic acids is 1. The zero-order chi connectivity index (χ0) is 15.5. The van der Waals surface area contributed by atoms with Crippen LogP contribution in [-0.2, 0) is 10.2 Å². The van der Waals surface area contributed by atoms with Crippen molar-refractivity contribution in [2.24, 2.45) is 4.99 Å². The number of aliphatic imine (C=N–C) groups is 1. The van der Waals surface area contributed by atoms with Crippen molar-refractivity contribution in [2.45, 2.75) is 39.2 Å². The number of nitrogens with one attached hydrogen (secondary N) is 1. The first kappa shape index (κ1) is 15.9. The van der Waals surface area contributed by atoms with E-state index in [9.17, 15) is 4.79 Å². The molecule has 1 amide bonds. The van der Waals surface area contributed by atoms with Gasteiger partial charge in [-0.1, -0.05) is 44.7 Å². The Kier molecular flexibility index (Phi) is 4.93. The van der Waals surface area contributed by atoms with Crippen LogP contribution in [-0.4, -0.2) is 29.5 Å². The molecule has 1 atom stereocenters. The molecule has 1 aromatic rings. The summed E-state index contributed by atoms with van der Waals surface area (Å²) < 4.78 is 5.68. The predicted molar refractivity (Wildman–Crippen MR) is 88.1 cm³/mol. The second kappa shape index (κ2) is 6.52. The van der Waals surface area contributed by atoms with E-state index < -0.39 is 6.10 Å². The van der Waals surface area contributed by atoms with Gasteiger partial charge in [-0.05, 0) is 30.0 Å². The number of benzene rings is 1. The summed E-state index contributed by atoms with van der Waals surface area (Å²) in [6, 6.07) is 7.89. The van der Waals surface area contributed by atoms with Crippen molar-refractivity contribution in [2.75, 3.05) is 12.3 Å². The van der Waals surface area contributed by atoms with Gasteiger partial charge in [0.15, 0.2) is 11.3 Å². The van der Waals surface area contributed by atoms with Crippen LogP contribution in [0.4, 0.5) is 0 Å². The molecular formula is C16H22N2O2S. The van der Waals surface area contributed by atoms with Crippen LogP contribution in [0.5, 0.6) is 5.75 Å². The molecular weight excluding hydrogens is 284 g/mol. The molecule has 1 N–H and O–H groups in total. The third-order valence-corrected chi connectivity index (χ3v) is 4.11. The number of nitrogens with zero attached hydrogens (tertiary/aromatic N) is 1. The largest absolute Gasteiger partial charge is 0.481 e. The first-order chi connectivity index (χ1) is 9.86. The Balaban J connectivity index is 1.92. The molecule has 1 aliphatic rings. The Labute approximate surface area is 130 Å². The first-order valence-corrected chi connectivity index (χ1v) is 8.10. The molecule has 0 unspecified atom stereocenters. The molecule has 1 heterocycles. The number of amides is 1. The number of hydrogen-bond acceptors (Lipinski definition) is 4. The lowest BCUT2D eigenvalue weighted by Crippen LogP contribution is -2.38. The van der Waals surface area contributed by atoms with Gasteiger partial charge in [0, 0.05) is 5.75 Å². The maximum Gasteiger partial charge on any atom is 0.266 e. The van der Waals surface area contributed by atoms with Gasteiger partial charge < -0.3 is 10.1 Å². The number of rotatable bonds is 3. The third kappa shape index (κ3) is 4.49.